The van der Waals surface area contributed by atoms with Gasteiger partial charge in [-0.3, -0.25) is 54.7 Å². The van der Waals surface area contributed by atoms with E-state index in [0.717, 1.165) is 211 Å². The second-order valence-electron chi connectivity index (χ2n) is 35.3. The number of anilines is 4. The summed E-state index contributed by atoms with van der Waals surface area (Å²) in [5, 5.41) is 63.8. The van der Waals surface area contributed by atoms with Gasteiger partial charge in [0.25, 0.3) is 5.91 Å². The molecule has 0 saturated heterocycles. The zero-order valence-electron chi connectivity index (χ0n) is 78.1. The fourth-order valence-electron chi connectivity index (χ4n) is 17.8. The van der Waals surface area contributed by atoms with E-state index in [0.29, 0.717) is 52.6 Å². The number of fused-ring (bicyclic) bond motifs is 8. The molecule has 0 radical (unpaired) electrons. The van der Waals surface area contributed by atoms with Gasteiger partial charge in [-0.1, -0.05) is 135 Å². The van der Waals surface area contributed by atoms with Gasteiger partial charge in [0, 0.05) is 115 Å². The number of nitrogens with one attached hydrogen (secondary N) is 12. The molecular weight excluding hydrogens is 1880 g/mol. The van der Waals surface area contributed by atoms with Gasteiger partial charge in [-0.25, -0.2) is 19.9 Å². The van der Waals surface area contributed by atoms with Gasteiger partial charge < -0.3 is 41.2 Å². The summed E-state index contributed by atoms with van der Waals surface area (Å²) in [4.78, 5) is 88.4. The largest absolute Gasteiger partial charge is 0.382 e. The minimum atomic E-state index is -0.177. The number of para-hydroxylation sites is 4. The van der Waals surface area contributed by atoms with Gasteiger partial charge >= 0.3 is 0 Å². The highest BCUT2D eigenvalue weighted by Gasteiger charge is 2.24. The molecule has 12 N–H and O–H groups in total. The number of imidazole rings is 4. The number of thiophene rings is 4. The zero-order chi connectivity index (χ0) is 98.0. The van der Waals surface area contributed by atoms with Crippen LogP contribution in [0.3, 0.4) is 0 Å². The SMILES string of the molecule is CC(C)C(=O)Nc1cncc(-c2ccc3[nH]nc(-c4nc5c(-c6ccsc6)cccc5[nH]4)c3c2)c1.CC(C)Nc1cncc(-c2ccc3[nH]nc(-c4nc5c(-c6ccsc6)cccc5[nH]4)c3c2)c1.O=C(Cc1ccccc1)Nc1cncc(-c2ccc3[nH]nc(-c4nc5c(-c6ccsc6)cccc5[nH]4)c3c2)c1.O=C(Nc1cncc(-c2ccc3[nH]nc(-c4nc5c(-c6ccsc6)cccc5[nH]4)c3c2)c1)c1ccccc1. The van der Waals surface area contributed by atoms with E-state index in [1.807, 2.05) is 166 Å². The number of nitrogens with zero attached hydrogens (tertiary/aromatic N) is 12. The van der Waals surface area contributed by atoms with Crippen LogP contribution in [0.4, 0.5) is 22.7 Å². The second-order valence-corrected chi connectivity index (χ2v) is 38.5. The Morgan fingerprint density at radius 2 is 0.614 bits per heavy atom. The van der Waals surface area contributed by atoms with E-state index in [9.17, 15) is 14.4 Å². The first-order chi connectivity index (χ1) is 71.2. The van der Waals surface area contributed by atoms with E-state index >= 15 is 0 Å². The highest BCUT2D eigenvalue weighted by Crippen LogP contribution is 2.42. The van der Waals surface area contributed by atoms with Gasteiger partial charge in [-0.05, 0) is 240 Å². The average molecular weight is 1970 g/mol. The molecule has 0 unspecified atom stereocenters. The normalized spacial score (nSPS) is 11.4. The monoisotopic (exact) mass is 1970 g/mol. The Morgan fingerprint density at radius 1 is 0.297 bits per heavy atom. The Hall–Kier alpha value is -18.4. The molecule has 31 heteroatoms. The first-order valence-electron chi connectivity index (χ1n) is 46.7. The van der Waals surface area contributed by atoms with E-state index in [1.54, 1.807) is 94.7 Å². The van der Waals surface area contributed by atoms with Crippen LogP contribution >= 0.6 is 45.3 Å². The summed E-state index contributed by atoms with van der Waals surface area (Å²) < 4.78 is 0. The summed E-state index contributed by atoms with van der Waals surface area (Å²) in [6.07, 6.45) is 14.4. The summed E-state index contributed by atoms with van der Waals surface area (Å²) in [7, 11) is 0. The van der Waals surface area contributed by atoms with Crippen molar-refractivity contribution in [2.45, 2.75) is 40.2 Å². The minimum absolute atomic E-state index is 0.0387. The molecule has 10 aromatic carbocycles. The highest BCUT2D eigenvalue weighted by atomic mass is 32.1. The van der Waals surface area contributed by atoms with Crippen molar-refractivity contribution in [2.24, 2.45) is 5.92 Å². The molecule has 3 amide bonds. The third kappa shape index (κ3) is 19.0. The van der Waals surface area contributed by atoms with Gasteiger partial charge in [0.15, 0.2) is 23.3 Å². The first kappa shape index (κ1) is 90.4. The maximum Gasteiger partial charge on any atom is 0.255 e. The van der Waals surface area contributed by atoms with Crippen molar-refractivity contribution in [3.05, 3.63) is 359 Å². The van der Waals surface area contributed by atoms with Crippen molar-refractivity contribution in [1.29, 1.82) is 0 Å². The average Bonchev–Trinajstić information content (AvgIpc) is 1.60. The molecule has 0 atom stereocenters. The van der Waals surface area contributed by atoms with Gasteiger partial charge in [-0.2, -0.15) is 65.7 Å². The van der Waals surface area contributed by atoms with Gasteiger partial charge in [0.1, 0.15) is 22.8 Å². The molecule has 0 saturated carbocycles. The van der Waals surface area contributed by atoms with Crippen molar-refractivity contribution in [3.63, 3.8) is 0 Å². The fourth-order valence-corrected chi connectivity index (χ4v) is 20.4. The van der Waals surface area contributed by atoms with Crippen molar-refractivity contribution in [1.82, 2.24) is 101 Å². The van der Waals surface area contributed by atoms with Crippen molar-refractivity contribution < 1.29 is 14.4 Å². The van der Waals surface area contributed by atoms with Gasteiger partial charge in [-0.15, -0.1) is 0 Å². The maximum atomic E-state index is 12.6. The Bertz CT molecular complexity index is 9230. The predicted octanol–water partition coefficient (Wildman–Crippen LogP) is 27.4. The Kier molecular flexibility index (Phi) is 24.7. The van der Waals surface area contributed by atoms with Crippen molar-refractivity contribution >= 4 is 174 Å². The molecule has 26 rings (SSSR count). The van der Waals surface area contributed by atoms with Crippen LogP contribution in [0, 0.1) is 5.92 Å². The molecule has 0 aliphatic carbocycles. The van der Waals surface area contributed by atoms with E-state index in [4.69, 9.17) is 19.9 Å². The third-order valence-electron chi connectivity index (χ3n) is 24.8. The fraction of sp³-hybridized carbons (Fsp3) is 0.0614. The smallest absolute Gasteiger partial charge is 0.255 e. The highest BCUT2D eigenvalue weighted by molar-refractivity contribution is 7.09. The summed E-state index contributed by atoms with van der Waals surface area (Å²) in [6, 6.07) is 84.8. The minimum Gasteiger partial charge on any atom is -0.382 e. The van der Waals surface area contributed by atoms with Crippen LogP contribution in [0.1, 0.15) is 43.6 Å². The number of hydrogen-bond donors (Lipinski definition) is 12. The van der Waals surface area contributed by atoms with E-state index in [2.05, 4.69) is 262 Å². The number of pyridine rings is 4. The molecule has 0 spiro atoms. The molecule has 16 aromatic heterocycles. The van der Waals surface area contributed by atoms with Crippen LogP contribution in [-0.4, -0.2) is 124 Å². The summed E-state index contributed by atoms with van der Waals surface area (Å²) in [6.45, 7) is 7.96. The predicted molar refractivity (Wildman–Crippen MR) is 586 cm³/mol. The Morgan fingerprint density at radius 3 is 0.938 bits per heavy atom. The van der Waals surface area contributed by atoms with E-state index in [1.165, 1.54) is 5.56 Å². The molecule has 0 aliphatic rings. The molecule has 704 valence electrons. The number of rotatable bonds is 21. The molecule has 26 aromatic rings. The van der Waals surface area contributed by atoms with Gasteiger partial charge in [0.2, 0.25) is 11.8 Å². The number of amides is 3. The lowest BCUT2D eigenvalue weighted by atomic mass is 10.0. The number of H-pyrrole nitrogens is 8. The topological polar surface area (TPSA) is 380 Å². The summed E-state index contributed by atoms with van der Waals surface area (Å²) in [5.41, 5.74) is 35.6. The number of carbonyl (C=O) groups is 3. The van der Waals surface area contributed by atoms with Gasteiger partial charge in [0.05, 0.1) is 114 Å². The molecule has 0 fully saturated rings. The van der Waals surface area contributed by atoms with Crippen LogP contribution in [0.2, 0.25) is 0 Å². The number of benzene rings is 10. The van der Waals surface area contributed by atoms with E-state index in [-0.39, 0.29) is 23.6 Å². The van der Waals surface area contributed by atoms with Crippen LogP contribution in [0.5, 0.6) is 0 Å². The van der Waals surface area contributed by atoms with Crippen LogP contribution < -0.4 is 21.3 Å². The van der Waals surface area contributed by atoms with Crippen LogP contribution in [0.15, 0.2) is 347 Å². The lowest BCUT2D eigenvalue weighted by molar-refractivity contribution is -0.119. The lowest BCUT2D eigenvalue weighted by Gasteiger charge is -2.11. The zero-order valence-corrected chi connectivity index (χ0v) is 81.3. The van der Waals surface area contributed by atoms with Crippen molar-refractivity contribution in [2.75, 3.05) is 21.3 Å². The number of hydrogen-bond acceptors (Lipinski definition) is 20. The van der Waals surface area contributed by atoms with Crippen LogP contribution in [-0.2, 0) is 16.0 Å². The molecule has 0 bridgehead atoms. The number of aromatic amines is 8. The molecule has 145 heavy (non-hydrogen) atoms. The molecule has 0 aliphatic heterocycles. The Labute approximate surface area is 843 Å². The standard InChI is InChI=1S/C31H22N6OS.C30H20N6OS.C27H22N6OS.C26H22N6S/c38-28(13-19-5-2-1-3-6-19)33-23-14-22(16-32-17-23)20-9-10-26-25(15-20)30(37-36-26)31-34-27-8-4-7-24(29(27)35-31)21-11-12-39-18-21;37-30(18-5-2-1-3-6-18)32-22-13-21(15-31-16-22)19-9-10-25-24(14-19)28(36-35-25)29-33-26-8-4-7-23(27(26)34-29)20-11-12-38-17-20;1-15(2)27(34)29-19-10-18(12-28-13-19)16-6-7-22-21(11-16)25(33-32-22)26-30-23-5-3-4-20(24(23)31-26)17-8-9-35-14-17;1-15(2)28-19-10-18(12-27-13-19)16-6-7-22-21(11-16)25(32-31-22)26-29-23-5-3-4-20(24(23)30-26)17-8-9-33-14-17/h1-12,14-18H,13H2,(H,33,38)(H,34,35)(H,36,37);1-17H,(H,32,37)(H,33,34)(H,35,36);3-15H,1-2H3,(H,29,34)(H,30,31)(H,32,33);3-15,28H,1-2H3,(H,29,30)(H,31,32). The maximum absolute atomic E-state index is 12.6. The molecular formula is C114H86N24O3S4. The summed E-state index contributed by atoms with van der Waals surface area (Å²) >= 11 is 6.70. The third-order valence-corrected chi connectivity index (χ3v) is 27.6. The lowest BCUT2D eigenvalue weighted by Crippen LogP contribution is -2.17. The number of carbonyl (C=O) groups excluding carboxylic acids is 3. The molecule has 27 nitrogen and oxygen atoms in total. The quantitative estimate of drug-likeness (QED) is 0.0318. The first-order valence-corrected chi connectivity index (χ1v) is 50.5. The van der Waals surface area contributed by atoms with Crippen LogP contribution in [0.25, 0.3) is 223 Å². The van der Waals surface area contributed by atoms with E-state index < -0.39 is 0 Å². The Balaban J connectivity index is 0.000000107. The molecule has 16 heterocycles. The summed E-state index contributed by atoms with van der Waals surface area (Å²) in [5.74, 6) is 2.47. The number of aromatic nitrogens is 20. The van der Waals surface area contributed by atoms with Crippen molar-refractivity contribution in [3.8, 4) is 135 Å². The second kappa shape index (κ2) is 39.7.